The molecule has 1 N–H and O–H groups in total. The number of aromatic nitrogens is 4. The summed E-state index contributed by atoms with van der Waals surface area (Å²) in [6.45, 7) is 1.98. The summed E-state index contributed by atoms with van der Waals surface area (Å²) < 4.78 is 1.53. The van der Waals surface area contributed by atoms with Gasteiger partial charge < -0.3 is 5.11 Å². The molecule has 0 bridgehead atoms. The van der Waals surface area contributed by atoms with Crippen molar-refractivity contribution in [3.05, 3.63) is 35.9 Å². The number of carbonyl (C=O) groups is 1. The number of carboxylic acids is 1. The molecule has 0 atom stereocenters. The predicted octanol–water partition coefficient (Wildman–Crippen LogP) is 0.923. The van der Waals surface area contributed by atoms with E-state index in [0.29, 0.717) is 0 Å². The van der Waals surface area contributed by atoms with Crippen molar-refractivity contribution in [3.8, 4) is 5.95 Å². The molecule has 2 heterocycles. The fourth-order valence-electron chi connectivity index (χ4n) is 1.35. The van der Waals surface area contributed by atoms with Gasteiger partial charge in [-0.05, 0) is 18.6 Å². The van der Waals surface area contributed by atoms with Gasteiger partial charge in [0.1, 0.15) is 0 Å². The summed E-state index contributed by atoms with van der Waals surface area (Å²) in [5.74, 6) is -0.796. The van der Waals surface area contributed by atoms with Gasteiger partial charge in [0.05, 0.1) is 0 Å². The molecule has 6 heteroatoms. The number of hydrogen-bond acceptors (Lipinski definition) is 4. The van der Waals surface area contributed by atoms with Crippen molar-refractivity contribution >= 4 is 5.97 Å². The van der Waals surface area contributed by atoms with Gasteiger partial charge >= 0.3 is 5.97 Å². The highest BCUT2D eigenvalue weighted by molar-refractivity contribution is 5.85. The largest absolute Gasteiger partial charge is 0.477 e. The number of aromatic carboxylic acids is 1. The zero-order chi connectivity index (χ0) is 11.5. The number of hydrogen-bond donors (Lipinski definition) is 1. The minimum atomic E-state index is -1.08. The third-order valence-electron chi connectivity index (χ3n) is 2.13. The average Bonchev–Trinajstić information content (AvgIpc) is 2.77. The Labute approximate surface area is 91.6 Å². The van der Waals surface area contributed by atoms with Gasteiger partial charge in [-0.2, -0.15) is 5.10 Å². The van der Waals surface area contributed by atoms with E-state index in [0.717, 1.165) is 12.1 Å². The fraction of sp³-hybridized carbons (Fsp3) is 0.200. The zero-order valence-corrected chi connectivity index (χ0v) is 8.66. The fourth-order valence-corrected chi connectivity index (χ4v) is 1.35. The summed E-state index contributed by atoms with van der Waals surface area (Å²) in [6.07, 6.45) is 3.82. The van der Waals surface area contributed by atoms with E-state index in [1.165, 1.54) is 16.9 Å². The van der Waals surface area contributed by atoms with Gasteiger partial charge in [0, 0.05) is 18.1 Å². The predicted molar refractivity (Wildman–Crippen MR) is 55.5 cm³/mol. The molecule has 0 unspecified atom stereocenters. The molecule has 2 aromatic rings. The van der Waals surface area contributed by atoms with Crippen LogP contribution in [0.15, 0.2) is 24.5 Å². The van der Waals surface area contributed by atoms with E-state index >= 15 is 0 Å². The maximum absolute atomic E-state index is 10.8. The summed E-state index contributed by atoms with van der Waals surface area (Å²) in [6, 6.07) is 3.19. The lowest BCUT2D eigenvalue weighted by atomic mass is 10.3. The molecule has 0 aliphatic rings. The molecule has 82 valence electrons. The Morgan fingerprint density at radius 3 is 2.94 bits per heavy atom. The van der Waals surface area contributed by atoms with Gasteiger partial charge in [0.15, 0.2) is 5.69 Å². The zero-order valence-electron chi connectivity index (χ0n) is 8.66. The van der Waals surface area contributed by atoms with Gasteiger partial charge in [-0.3, -0.25) is 0 Å². The minimum absolute atomic E-state index is 0.0393. The van der Waals surface area contributed by atoms with Crippen LogP contribution in [0.25, 0.3) is 5.95 Å². The Morgan fingerprint density at radius 2 is 2.25 bits per heavy atom. The Bertz CT molecular complexity index is 521. The lowest BCUT2D eigenvalue weighted by Gasteiger charge is -2.03. The van der Waals surface area contributed by atoms with Gasteiger partial charge in [0.25, 0.3) is 5.95 Å². The van der Waals surface area contributed by atoms with Crippen LogP contribution in [-0.2, 0) is 6.42 Å². The van der Waals surface area contributed by atoms with Crippen molar-refractivity contribution < 1.29 is 9.90 Å². The van der Waals surface area contributed by atoms with Crippen LogP contribution in [0.1, 0.15) is 23.1 Å². The molecule has 0 saturated carbocycles. The first-order valence-corrected chi connectivity index (χ1v) is 4.82. The Balaban J connectivity index is 2.48. The summed E-state index contributed by atoms with van der Waals surface area (Å²) in [4.78, 5) is 18.7. The monoisotopic (exact) mass is 218 g/mol. The summed E-state index contributed by atoms with van der Waals surface area (Å²) in [7, 11) is 0. The second-order valence-corrected chi connectivity index (χ2v) is 3.13. The molecule has 0 aliphatic heterocycles. The molecule has 2 aromatic heterocycles. The average molecular weight is 218 g/mol. The molecule has 0 spiro atoms. The van der Waals surface area contributed by atoms with E-state index in [-0.39, 0.29) is 11.6 Å². The van der Waals surface area contributed by atoms with Gasteiger partial charge in [-0.15, -0.1) is 0 Å². The third-order valence-corrected chi connectivity index (χ3v) is 2.13. The second kappa shape index (κ2) is 4.09. The highest BCUT2D eigenvalue weighted by atomic mass is 16.4. The molecule has 6 nitrogen and oxygen atoms in total. The van der Waals surface area contributed by atoms with Crippen molar-refractivity contribution in [2.75, 3.05) is 0 Å². The molecule has 0 saturated heterocycles. The van der Waals surface area contributed by atoms with Crippen LogP contribution in [0.4, 0.5) is 0 Å². The first-order valence-electron chi connectivity index (χ1n) is 4.82. The molecule has 16 heavy (non-hydrogen) atoms. The maximum atomic E-state index is 10.8. The smallest absolute Gasteiger partial charge is 0.354 e. The molecule has 0 radical (unpaired) electrons. The first-order chi connectivity index (χ1) is 7.72. The molecule has 0 amide bonds. The van der Waals surface area contributed by atoms with Gasteiger partial charge in [0.2, 0.25) is 0 Å². The van der Waals surface area contributed by atoms with Crippen molar-refractivity contribution in [1.29, 1.82) is 0 Å². The minimum Gasteiger partial charge on any atom is -0.477 e. The van der Waals surface area contributed by atoms with E-state index in [1.807, 2.05) is 13.0 Å². The van der Waals surface area contributed by atoms with Crippen LogP contribution in [0.3, 0.4) is 0 Å². The van der Waals surface area contributed by atoms with Crippen molar-refractivity contribution in [3.63, 3.8) is 0 Å². The SMILES string of the molecule is CCc1ccnn1-c1nccc(C(=O)O)n1. The highest BCUT2D eigenvalue weighted by Gasteiger charge is 2.09. The van der Waals surface area contributed by atoms with E-state index in [1.54, 1.807) is 6.20 Å². The molecular weight excluding hydrogens is 208 g/mol. The summed E-state index contributed by atoms with van der Waals surface area (Å²) in [5, 5.41) is 12.9. The third kappa shape index (κ3) is 1.77. The summed E-state index contributed by atoms with van der Waals surface area (Å²) in [5.41, 5.74) is 0.894. The lowest BCUT2D eigenvalue weighted by Crippen LogP contribution is -2.10. The maximum Gasteiger partial charge on any atom is 0.354 e. The highest BCUT2D eigenvalue weighted by Crippen LogP contribution is 2.06. The van der Waals surface area contributed by atoms with Crippen LogP contribution in [-0.4, -0.2) is 30.8 Å². The molecule has 2 rings (SSSR count). The standard InChI is InChI=1S/C10H10N4O2/c1-2-7-3-6-12-14(7)10-11-5-4-8(13-10)9(15)16/h3-6H,2H2,1H3,(H,15,16). The summed E-state index contributed by atoms with van der Waals surface area (Å²) >= 11 is 0. The van der Waals surface area contributed by atoms with Crippen LogP contribution < -0.4 is 0 Å². The normalized spacial score (nSPS) is 10.3. The molecule has 0 aromatic carbocycles. The molecular formula is C10H10N4O2. The first kappa shape index (κ1) is 10.3. The Morgan fingerprint density at radius 1 is 1.44 bits per heavy atom. The number of carboxylic acid groups (broad SMARTS) is 1. The van der Waals surface area contributed by atoms with Crippen molar-refractivity contribution in [1.82, 2.24) is 19.7 Å². The number of nitrogens with zero attached hydrogens (tertiary/aromatic N) is 4. The van der Waals surface area contributed by atoms with Gasteiger partial charge in [-0.1, -0.05) is 6.92 Å². The lowest BCUT2D eigenvalue weighted by molar-refractivity contribution is 0.0690. The van der Waals surface area contributed by atoms with Crippen LogP contribution in [0.5, 0.6) is 0 Å². The molecule has 0 fully saturated rings. The van der Waals surface area contributed by atoms with E-state index < -0.39 is 5.97 Å². The van der Waals surface area contributed by atoms with Crippen molar-refractivity contribution in [2.45, 2.75) is 13.3 Å². The Hall–Kier alpha value is -2.24. The van der Waals surface area contributed by atoms with Crippen LogP contribution >= 0.6 is 0 Å². The Kier molecular flexibility index (Phi) is 2.63. The van der Waals surface area contributed by atoms with Crippen LogP contribution in [0.2, 0.25) is 0 Å². The van der Waals surface area contributed by atoms with E-state index in [2.05, 4.69) is 15.1 Å². The quantitative estimate of drug-likeness (QED) is 0.828. The van der Waals surface area contributed by atoms with Gasteiger partial charge in [-0.25, -0.2) is 19.4 Å². The number of rotatable bonds is 3. The van der Waals surface area contributed by atoms with Crippen molar-refractivity contribution in [2.24, 2.45) is 0 Å². The van der Waals surface area contributed by atoms with E-state index in [4.69, 9.17) is 5.11 Å². The van der Waals surface area contributed by atoms with Crippen LogP contribution in [0, 0.1) is 0 Å². The topological polar surface area (TPSA) is 80.9 Å². The number of aryl methyl sites for hydroxylation is 1. The molecule has 0 aliphatic carbocycles. The second-order valence-electron chi connectivity index (χ2n) is 3.13. The van der Waals surface area contributed by atoms with E-state index in [9.17, 15) is 4.79 Å².